The van der Waals surface area contributed by atoms with Crippen molar-refractivity contribution >= 4 is 40.0 Å². The monoisotopic (exact) mass is 461 g/mol. The lowest BCUT2D eigenvalue weighted by molar-refractivity contribution is -0.157. The van der Waals surface area contributed by atoms with Gasteiger partial charge in [-0.05, 0) is 43.7 Å². The summed E-state index contributed by atoms with van der Waals surface area (Å²) in [7, 11) is 0. The van der Waals surface area contributed by atoms with Gasteiger partial charge in [-0.15, -0.1) is 0 Å². The third-order valence-electron chi connectivity index (χ3n) is 5.33. The highest BCUT2D eigenvalue weighted by Gasteiger charge is 2.23. The normalized spacial score (nSPS) is 16.1. The van der Waals surface area contributed by atoms with Crippen LogP contribution in [0.25, 0.3) is 10.9 Å². The molecular weight excluding hydrogens is 434 g/mol. The fourth-order valence-corrected chi connectivity index (χ4v) is 3.81. The number of carbonyl (C=O) groups excluding carboxylic acids is 2. The molecule has 1 atom stereocenters. The van der Waals surface area contributed by atoms with Gasteiger partial charge >= 0.3 is 5.97 Å². The van der Waals surface area contributed by atoms with Crippen molar-refractivity contribution in [2.75, 3.05) is 36.9 Å². The van der Waals surface area contributed by atoms with E-state index in [1.165, 1.54) is 12.4 Å². The van der Waals surface area contributed by atoms with E-state index in [4.69, 9.17) is 9.47 Å². The van der Waals surface area contributed by atoms with Crippen molar-refractivity contribution in [3.05, 3.63) is 60.9 Å². The minimum Gasteiger partial charge on any atom is -0.490 e. The molecular formula is C25H27N5O4. The Kier molecular flexibility index (Phi) is 7.03. The molecule has 176 valence electrons. The number of aryl methyl sites for hydroxylation is 1. The summed E-state index contributed by atoms with van der Waals surface area (Å²) in [4.78, 5) is 34.5. The fourth-order valence-electron chi connectivity index (χ4n) is 3.81. The van der Waals surface area contributed by atoms with Crippen LogP contribution in [0.2, 0.25) is 0 Å². The first kappa shape index (κ1) is 23.2. The van der Waals surface area contributed by atoms with Gasteiger partial charge in [0.05, 0.1) is 17.7 Å². The summed E-state index contributed by atoms with van der Waals surface area (Å²) in [6.07, 6.45) is 2.52. The van der Waals surface area contributed by atoms with Crippen molar-refractivity contribution in [3.8, 4) is 5.75 Å². The molecule has 34 heavy (non-hydrogen) atoms. The van der Waals surface area contributed by atoms with Crippen molar-refractivity contribution in [1.82, 2.24) is 14.9 Å². The molecule has 0 spiro atoms. The van der Waals surface area contributed by atoms with E-state index in [2.05, 4.69) is 27.2 Å². The molecule has 0 aliphatic carbocycles. The Morgan fingerprint density at radius 1 is 1.32 bits per heavy atom. The number of aromatic nitrogens is 2. The van der Waals surface area contributed by atoms with E-state index in [0.29, 0.717) is 42.5 Å². The zero-order valence-corrected chi connectivity index (χ0v) is 19.2. The first-order valence-electron chi connectivity index (χ1n) is 11.0. The number of rotatable bonds is 8. The molecule has 4 rings (SSSR count). The van der Waals surface area contributed by atoms with E-state index in [1.54, 1.807) is 12.1 Å². The summed E-state index contributed by atoms with van der Waals surface area (Å²) in [5.41, 5.74) is 3.15. The van der Waals surface area contributed by atoms with Crippen LogP contribution in [0.15, 0.2) is 55.4 Å². The molecule has 2 N–H and O–H groups in total. The highest BCUT2D eigenvalue weighted by Crippen LogP contribution is 2.33. The zero-order chi connectivity index (χ0) is 24.1. The first-order chi connectivity index (χ1) is 16.4. The Labute approximate surface area is 197 Å². The summed E-state index contributed by atoms with van der Waals surface area (Å²) in [5.74, 6) is 0.475. The molecule has 0 radical (unpaired) electrons. The number of ether oxygens (including phenoxy) is 2. The lowest BCUT2D eigenvalue weighted by atomic mass is 10.1. The minimum atomic E-state index is -0.359. The Morgan fingerprint density at radius 2 is 2.18 bits per heavy atom. The molecule has 0 unspecified atom stereocenters. The van der Waals surface area contributed by atoms with E-state index < -0.39 is 0 Å². The van der Waals surface area contributed by atoms with E-state index in [-0.39, 0.29) is 24.5 Å². The number of hydrogen-bond acceptors (Lipinski definition) is 8. The van der Waals surface area contributed by atoms with Crippen molar-refractivity contribution in [2.45, 2.75) is 20.0 Å². The SMILES string of the molecule is C=CC(=O)Nc1cc2c(Nc3cccc(C)c3)ncnc2cc1OCCN1CC(=O)O[C@H](C)C1. The number of anilines is 3. The Bertz CT molecular complexity index is 1230. The van der Waals surface area contributed by atoms with E-state index in [0.717, 1.165) is 16.6 Å². The number of amides is 1. The van der Waals surface area contributed by atoms with Gasteiger partial charge in [0.2, 0.25) is 5.91 Å². The van der Waals surface area contributed by atoms with Gasteiger partial charge in [0.15, 0.2) is 0 Å². The second kappa shape index (κ2) is 10.3. The lowest BCUT2D eigenvalue weighted by Gasteiger charge is -2.30. The number of benzene rings is 2. The minimum absolute atomic E-state index is 0.152. The average Bonchev–Trinajstić information content (AvgIpc) is 2.79. The maximum absolute atomic E-state index is 12.1. The van der Waals surface area contributed by atoms with Gasteiger partial charge in [-0.3, -0.25) is 14.5 Å². The molecule has 1 aromatic heterocycles. The molecule has 1 amide bonds. The predicted molar refractivity (Wildman–Crippen MR) is 130 cm³/mol. The number of nitrogens with zero attached hydrogens (tertiary/aromatic N) is 3. The van der Waals surface area contributed by atoms with Gasteiger partial charge in [-0.25, -0.2) is 9.97 Å². The molecule has 9 heteroatoms. The molecule has 1 saturated heterocycles. The number of nitrogens with one attached hydrogen (secondary N) is 2. The molecule has 3 aromatic rings. The Balaban J connectivity index is 1.59. The summed E-state index contributed by atoms with van der Waals surface area (Å²) in [6, 6.07) is 11.5. The van der Waals surface area contributed by atoms with Crippen LogP contribution in [0.4, 0.5) is 17.2 Å². The predicted octanol–water partition coefficient (Wildman–Crippen LogP) is 3.43. The fraction of sp³-hybridized carbons (Fsp3) is 0.280. The van der Waals surface area contributed by atoms with Crippen LogP contribution in [0.5, 0.6) is 5.75 Å². The standard InChI is InChI=1S/C25H27N5O4/c1-4-23(31)29-21-11-19-20(26-15-27-25(19)28-18-7-5-6-16(2)10-18)12-22(21)33-9-8-30-13-17(3)34-24(32)14-30/h4-7,10-12,15,17H,1,8-9,13-14H2,2-3H3,(H,29,31)(H,26,27,28)/t17-/m1/s1. The molecule has 2 aromatic carbocycles. The third kappa shape index (κ3) is 5.68. The molecule has 1 aliphatic rings. The van der Waals surface area contributed by atoms with Gasteiger partial charge in [-0.1, -0.05) is 18.7 Å². The molecule has 2 heterocycles. The molecule has 1 aliphatic heterocycles. The van der Waals surface area contributed by atoms with E-state index in [1.807, 2.05) is 43.0 Å². The van der Waals surface area contributed by atoms with Crippen LogP contribution in [-0.4, -0.2) is 59.1 Å². The maximum Gasteiger partial charge on any atom is 0.320 e. The number of hydrogen-bond donors (Lipinski definition) is 2. The van der Waals surface area contributed by atoms with Crippen LogP contribution in [0.1, 0.15) is 12.5 Å². The van der Waals surface area contributed by atoms with Gasteiger partial charge in [-0.2, -0.15) is 0 Å². The summed E-state index contributed by atoms with van der Waals surface area (Å²) in [6.45, 7) is 9.14. The molecule has 0 saturated carbocycles. The van der Waals surface area contributed by atoms with Gasteiger partial charge in [0.1, 0.15) is 30.6 Å². The Hall–Kier alpha value is -3.98. The topological polar surface area (TPSA) is 106 Å². The van der Waals surface area contributed by atoms with Crippen LogP contribution < -0.4 is 15.4 Å². The summed E-state index contributed by atoms with van der Waals surface area (Å²) in [5, 5.41) is 6.85. The van der Waals surface area contributed by atoms with Gasteiger partial charge < -0.3 is 20.1 Å². The van der Waals surface area contributed by atoms with E-state index >= 15 is 0 Å². The first-order valence-corrected chi connectivity index (χ1v) is 11.0. The maximum atomic E-state index is 12.1. The smallest absolute Gasteiger partial charge is 0.320 e. The summed E-state index contributed by atoms with van der Waals surface area (Å²) >= 11 is 0. The number of esters is 1. The highest BCUT2D eigenvalue weighted by molar-refractivity contribution is 6.03. The average molecular weight is 462 g/mol. The second-order valence-electron chi connectivity index (χ2n) is 8.16. The summed E-state index contributed by atoms with van der Waals surface area (Å²) < 4.78 is 11.2. The number of morpholine rings is 1. The Morgan fingerprint density at radius 3 is 2.94 bits per heavy atom. The van der Waals surface area contributed by atoms with Crippen LogP contribution in [-0.2, 0) is 14.3 Å². The number of cyclic esters (lactones) is 1. The lowest BCUT2D eigenvalue weighted by Crippen LogP contribution is -2.45. The van der Waals surface area contributed by atoms with Crippen molar-refractivity contribution in [2.24, 2.45) is 0 Å². The highest BCUT2D eigenvalue weighted by atomic mass is 16.5. The number of fused-ring (bicyclic) bond motifs is 1. The quantitative estimate of drug-likeness (QED) is 0.388. The van der Waals surface area contributed by atoms with Crippen LogP contribution in [0.3, 0.4) is 0 Å². The third-order valence-corrected chi connectivity index (χ3v) is 5.33. The van der Waals surface area contributed by atoms with Gasteiger partial charge in [0.25, 0.3) is 0 Å². The largest absolute Gasteiger partial charge is 0.490 e. The van der Waals surface area contributed by atoms with Crippen molar-refractivity contribution in [3.63, 3.8) is 0 Å². The molecule has 9 nitrogen and oxygen atoms in total. The van der Waals surface area contributed by atoms with Crippen LogP contribution in [0, 0.1) is 6.92 Å². The van der Waals surface area contributed by atoms with E-state index in [9.17, 15) is 9.59 Å². The van der Waals surface area contributed by atoms with Crippen molar-refractivity contribution < 1.29 is 19.1 Å². The van der Waals surface area contributed by atoms with Crippen LogP contribution >= 0.6 is 0 Å². The number of carbonyl (C=O) groups is 2. The molecule has 0 bridgehead atoms. The van der Waals surface area contributed by atoms with Gasteiger partial charge in [0, 0.05) is 30.2 Å². The molecule has 1 fully saturated rings. The zero-order valence-electron chi connectivity index (χ0n) is 19.2. The second-order valence-corrected chi connectivity index (χ2v) is 8.16. The van der Waals surface area contributed by atoms with Crippen molar-refractivity contribution in [1.29, 1.82) is 0 Å².